The molecule has 1 rings (SSSR count). The number of nitro groups is 1. The number of alkyl halides is 3. The molecule has 6 nitrogen and oxygen atoms in total. The molecule has 0 unspecified atom stereocenters. The predicted octanol–water partition coefficient (Wildman–Crippen LogP) is 2.76. The molecule has 0 aliphatic rings. The van der Waals surface area contributed by atoms with Crippen molar-refractivity contribution in [2.45, 2.75) is 18.7 Å². The van der Waals surface area contributed by atoms with Crippen LogP contribution < -0.4 is 0 Å². The molecule has 0 fully saturated rings. The summed E-state index contributed by atoms with van der Waals surface area (Å²) in [6.07, 6.45) is -10.1. The fourth-order valence-electron chi connectivity index (χ4n) is 1.31. The number of nitrogens with zero attached hydrogens (tertiary/aromatic N) is 1. The second-order valence-corrected chi connectivity index (χ2v) is 3.54. The smallest absolute Gasteiger partial charge is 0.450 e. The van der Waals surface area contributed by atoms with Gasteiger partial charge >= 0.3 is 12.3 Å². The van der Waals surface area contributed by atoms with Crippen molar-refractivity contribution in [2.75, 3.05) is 0 Å². The topological polar surface area (TPSA) is 89.7 Å². The zero-order chi connectivity index (χ0) is 14.6. The van der Waals surface area contributed by atoms with Crippen molar-refractivity contribution in [3.63, 3.8) is 0 Å². The molecule has 1 N–H and O–H groups in total. The van der Waals surface area contributed by atoms with Gasteiger partial charge in [-0.3, -0.25) is 10.1 Å². The number of hydrogen-bond acceptors (Lipinski definition) is 4. The van der Waals surface area contributed by atoms with Crippen LogP contribution in [0.4, 0.5) is 23.7 Å². The van der Waals surface area contributed by atoms with Crippen LogP contribution in [0.15, 0.2) is 24.3 Å². The number of rotatable bonds is 4. The minimum absolute atomic E-state index is 0.0779. The largest absolute Gasteiger partial charge is 0.506 e. The van der Waals surface area contributed by atoms with Gasteiger partial charge in [-0.15, -0.1) is 0 Å². The molecule has 0 saturated carbocycles. The first kappa shape index (κ1) is 14.7. The maximum atomic E-state index is 12.5. The number of halogens is 3. The fourth-order valence-corrected chi connectivity index (χ4v) is 1.31. The minimum atomic E-state index is -4.85. The van der Waals surface area contributed by atoms with E-state index in [0.29, 0.717) is 0 Å². The number of non-ortho nitro benzene ring substituents is 1. The maximum absolute atomic E-state index is 12.5. The van der Waals surface area contributed by atoms with Crippen LogP contribution in [0, 0.1) is 10.1 Å². The van der Waals surface area contributed by atoms with Gasteiger partial charge in [0.25, 0.3) is 5.69 Å². The second-order valence-electron chi connectivity index (χ2n) is 3.54. The fraction of sp³-hybridized carbons (Fsp3) is 0.300. The molecule has 0 radical (unpaired) electrons. The second kappa shape index (κ2) is 5.55. The van der Waals surface area contributed by atoms with E-state index in [2.05, 4.69) is 4.74 Å². The van der Waals surface area contributed by atoms with Gasteiger partial charge in [0.15, 0.2) is 0 Å². The van der Waals surface area contributed by atoms with E-state index in [1.165, 1.54) is 0 Å². The third-order valence-corrected chi connectivity index (χ3v) is 2.18. The molecule has 1 atom stereocenters. The van der Waals surface area contributed by atoms with Gasteiger partial charge in [0.05, 0.1) is 4.92 Å². The lowest BCUT2D eigenvalue weighted by atomic mass is 10.1. The molecule has 0 heterocycles. The van der Waals surface area contributed by atoms with Gasteiger partial charge in [-0.05, 0) is 5.56 Å². The standard InChI is InChI=1S/C10H8F3NO5/c11-10(12,13)8(19-9(15)16)5-6-1-3-7(4-2-6)14(17)18/h1-4,8H,5H2,(H,15,16)/t8-/m0/s1. The van der Waals surface area contributed by atoms with E-state index in [0.717, 1.165) is 24.3 Å². The van der Waals surface area contributed by atoms with Gasteiger partial charge in [-0.25, -0.2) is 4.79 Å². The van der Waals surface area contributed by atoms with Gasteiger partial charge in [-0.1, -0.05) is 12.1 Å². The highest BCUT2D eigenvalue weighted by molar-refractivity contribution is 5.57. The van der Waals surface area contributed by atoms with Crippen molar-refractivity contribution in [1.29, 1.82) is 0 Å². The van der Waals surface area contributed by atoms with Gasteiger partial charge in [0, 0.05) is 18.6 Å². The molecule has 0 spiro atoms. The molecule has 0 aromatic heterocycles. The van der Waals surface area contributed by atoms with Crippen LogP contribution in [0.2, 0.25) is 0 Å². The minimum Gasteiger partial charge on any atom is -0.450 e. The summed E-state index contributed by atoms with van der Waals surface area (Å²) in [7, 11) is 0. The first-order valence-corrected chi connectivity index (χ1v) is 4.90. The summed E-state index contributed by atoms with van der Waals surface area (Å²) < 4.78 is 41.2. The van der Waals surface area contributed by atoms with Crippen LogP contribution in [-0.4, -0.2) is 28.5 Å². The van der Waals surface area contributed by atoms with Crippen LogP contribution >= 0.6 is 0 Å². The van der Waals surface area contributed by atoms with Crippen molar-refractivity contribution in [2.24, 2.45) is 0 Å². The molecule has 19 heavy (non-hydrogen) atoms. The van der Waals surface area contributed by atoms with Gasteiger partial charge in [0.2, 0.25) is 6.10 Å². The lowest BCUT2D eigenvalue weighted by Crippen LogP contribution is -2.35. The van der Waals surface area contributed by atoms with E-state index in [4.69, 9.17) is 5.11 Å². The van der Waals surface area contributed by atoms with Gasteiger partial charge in [0.1, 0.15) is 0 Å². The Kier molecular flexibility index (Phi) is 4.30. The number of benzene rings is 1. The van der Waals surface area contributed by atoms with Crippen molar-refractivity contribution in [1.82, 2.24) is 0 Å². The molecule has 0 saturated heterocycles. The molecule has 1 aromatic rings. The van der Waals surface area contributed by atoms with Crippen LogP contribution in [0.3, 0.4) is 0 Å². The molecule has 0 aliphatic carbocycles. The molecule has 104 valence electrons. The normalized spacial score (nSPS) is 12.8. The summed E-state index contributed by atoms with van der Waals surface area (Å²) in [4.78, 5) is 19.8. The van der Waals surface area contributed by atoms with E-state index in [9.17, 15) is 28.1 Å². The SMILES string of the molecule is O=C(O)O[C@@H](Cc1ccc([N+](=O)[O-])cc1)C(F)(F)F. The third-order valence-electron chi connectivity index (χ3n) is 2.18. The molecule has 0 amide bonds. The van der Waals surface area contributed by atoms with Crippen LogP contribution in [0.5, 0.6) is 0 Å². The van der Waals surface area contributed by atoms with Crippen molar-refractivity contribution in [3.8, 4) is 0 Å². The van der Waals surface area contributed by atoms with Gasteiger partial charge in [-0.2, -0.15) is 13.2 Å². The van der Waals surface area contributed by atoms with E-state index < -0.39 is 29.8 Å². The zero-order valence-corrected chi connectivity index (χ0v) is 9.26. The third kappa shape index (κ3) is 4.45. The average Bonchev–Trinajstić information content (AvgIpc) is 2.27. The Bertz CT molecular complexity index is 471. The Labute approximate surface area is 104 Å². The Hall–Kier alpha value is -2.32. The summed E-state index contributed by atoms with van der Waals surface area (Å²) in [6.45, 7) is 0. The summed E-state index contributed by atoms with van der Waals surface area (Å²) >= 11 is 0. The number of carboxylic acid groups (broad SMARTS) is 1. The summed E-state index contributed by atoms with van der Waals surface area (Å²) in [6, 6.07) is 4.29. The van der Waals surface area contributed by atoms with Crippen molar-refractivity contribution in [3.05, 3.63) is 39.9 Å². The summed E-state index contributed by atoms with van der Waals surface area (Å²) in [5.74, 6) is 0. The predicted molar refractivity (Wildman–Crippen MR) is 55.8 cm³/mol. The average molecular weight is 279 g/mol. The molecule has 0 aliphatic heterocycles. The Morgan fingerprint density at radius 2 is 1.89 bits per heavy atom. The number of carbonyl (C=O) groups is 1. The Morgan fingerprint density at radius 3 is 2.26 bits per heavy atom. The summed E-state index contributed by atoms with van der Waals surface area (Å²) in [5, 5.41) is 18.6. The van der Waals surface area contributed by atoms with E-state index in [1.807, 2.05) is 0 Å². The van der Waals surface area contributed by atoms with Crippen molar-refractivity contribution >= 4 is 11.8 Å². The number of ether oxygens (including phenoxy) is 1. The Balaban J connectivity index is 2.84. The van der Waals surface area contributed by atoms with E-state index in [-0.39, 0.29) is 11.3 Å². The number of hydrogen-bond donors (Lipinski definition) is 1. The van der Waals surface area contributed by atoms with Crippen LogP contribution in [0.1, 0.15) is 5.56 Å². The number of nitro benzene ring substituents is 1. The van der Waals surface area contributed by atoms with E-state index in [1.54, 1.807) is 0 Å². The highest BCUT2D eigenvalue weighted by Gasteiger charge is 2.42. The molecule has 9 heteroatoms. The summed E-state index contributed by atoms with van der Waals surface area (Å²) in [5.41, 5.74) is -0.194. The molecular weight excluding hydrogens is 271 g/mol. The lowest BCUT2D eigenvalue weighted by molar-refractivity contribution is -0.384. The monoisotopic (exact) mass is 279 g/mol. The first-order valence-electron chi connectivity index (χ1n) is 4.90. The first-order chi connectivity index (χ1) is 8.70. The Morgan fingerprint density at radius 1 is 1.37 bits per heavy atom. The van der Waals surface area contributed by atoms with Crippen molar-refractivity contribution < 1.29 is 32.7 Å². The highest BCUT2D eigenvalue weighted by Crippen LogP contribution is 2.26. The van der Waals surface area contributed by atoms with Gasteiger partial charge < -0.3 is 9.84 Å². The molecular formula is C10H8F3NO5. The van der Waals surface area contributed by atoms with E-state index >= 15 is 0 Å². The quantitative estimate of drug-likeness (QED) is 0.520. The molecule has 0 bridgehead atoms. The molecule has 1 aromatic carbocycles. The zero-order valence-electron chi connectivity index (χ0n) is 9.26. The lowest BCUT2D eigenvalue weighted by Gasteiger charge is -2.18. The van der Waals surface area contributed by atoms with Crippen LogP contribution in [0.25, 0.3) is 0 Å². The van der Waals surface area contributed by atoms with Crippen LogP contribution in [-0.2, 0) is 11.2 Å². The maximum Gasteiger partial charge on any atom is 0.506 e. The highest BCUT2D eigenvalue weighted by atomic mass is 19.4.